The Hall–Kier alpha value is -1.81. The van der Waals surface area contributed by atoms with Gasteiger partial charge in [-0.3, -0.25) is 14.6 Å². The standard InChI is InChI=1S/C24H31F6N3O/c1-2-9-33-15-31-21(34)22(33)7-10-32(11-8-22)20-6-4-3-5-19(20)16-12-17(23(25,26)27)14-18(13-16)24(28,29)30/h12-14,19-20H,2-11,15H2,1H3,(H,31,34). The van der Waals surface area contributed by atoms with Gasteiger partial charge >= 0.3 is 12.4 Å². The Labute approximate surface area is 195 Å². The second-order valence-corrected chi connectivity index (χ2v) is 9.79. The van der Waals surface area contributed by atoms with E-state index in [1.807, 2.05) is 0 Å². The number of carbonyl (C=O) groups excluding carboxylic acids is 1. The Morgan fingerprint density at radius 1 is 0.971 bits per heavy atom. The van der Waals surface area contributed by atoms with Crippen LogP contribution in [-0.4, -0.2) is 53.6 Å². The molecule has 3 fully saturated rings. The van der Waals surface area contributed by atoms with Gasteiger partial charge in [0.1, 0.15) is 5.54 Å². The van der Waals surface area contributed by atoms with Crippen molar-refractivity contribution in [3.8, 4) is 0 Å². The molecule has 34 heavy (non-hydrogen) atoms. The lowest BCUT2D eigenvalue weighted by Crippen LogP contribution is -2.58. The first-order chi connectivity index (χ1) is 16.0. The van der Waals surface area contributed by atoms with Crippen LogP contribution in [0.15, 0.2) is 18.2 Å². The first kappa shape index (κ1) is 25.3. The average Bonchev–Trinajstić information content (AvgIpc) is 3.08. The topological polar surface area (TPSA) is 35.6 Å². The molecule has 1 amide bonds. The van der Waals surface area contributed by atoms with Crippen LogP contribution in [0.4, 0.5) is 26.3 Å². The van der Waals surface area contributed by atoms with E-state index in [4.69, 9.17) is 0 Å². The smallest absolute Gasteiger partial charge is 0.342 e. The van der Waals surface area contributed by atoms with E-state index in [1.165, 1.54) is 0 Å². The van der Waals surface area contributed by atoms with Crippen LogP contribution in [0.25, 0.3) is 0 Å². The normalized spacial score (nSPS) is 26.7. The summed E-state index contributed by atoms with van der Waals surface area (Å²) in [5.74, 6) is -0.385. The molecule has 1 N–H and O–H groups in total. The maximum Gasteiger partial charge on any atom is 0.416 e. The fourth-order valence-corrected chi connectivity index (χ4v) is 6.09. The highest BCUT2D eigenvalue weighted by Gasteiger charge is 2.51. The van der Waals surface area contributed by atoms with Crippen LogP contribution in [0.1, 0.15) is 74.5 Å². The van der Waals surface area contributed by atoms with Crippen LogP contribution in [-0.2, 0) is 17.1 Å². The highest BCUT2D eigenvalue weighted by atomic mass is 19.4. The Bertz CT molecular complexity index is 859. The monoisotopic (exact) mass is 491 g/mol. The highest BCUT2D eigenvalue weighted by molar-refractivity contribution is 5.88. The molecule has 1 saturated carbocycles. The number of nitrogens with one attached hydrogen (secondary N) is 1. The number of hydrogen-bond acceptors (Lipinski definition) is 3. The van der Waals surface area contributed by atoms with E-state index in [0.29, 0.717) is 39.0 Å². The predicted octanol–water partition coefficient (Wildman–Crippen LogP) is 5.38. The van der Waals surface area contributed by atoms with Crippen LogP contribution >= 0.6 is 0 Å². The number of rotatable bonds is 4. The van der Waals surface area contributed by atoms with E-state index in [1.54, 1.807) is 0 Å². The molecule has 4 nitrogen and oxygen atoms in total. The van der Waals surface area contributed by atoms with Gasteiger partial charge in [0.15, 0.2) is 0 Å². The van der Waals surface area contributed by atoms with E-state index in [2.05, 4.69) is 22.0 Å². The zero-order chi connectivity index (χ0) is 24.7. The van der Waals surface area contributed by atoms with Crippen LogP contribution in [0.5, 0.6) is 0 Å². The highest BCUT2D eigenvalue weighted by Crippen LogP contribution is 2.43. The van der Waals surface area contributed by atoms with E-state index < -0.39 is 34.9 Å². The number of alkyl halides is 6. The Morgan fingerprint density at radius 2 is 1.56 bits per heavy atom. The minimum Gasteiger partial charge on any atom is -0.342 e. The van der Waals surface area contributed by atoms with Gasteiger partial charge in [-0.1, -0.05) is 19.8 Å². The van der Waals surface area contributed by atoms with Crippen molar-refractivity contribution < 1.29 is 31.1 Å². The molecule has 0 aromatic heterocycles. The second-order valence-electron chi connectivity index (χ2n) is 9.79. The van der Waals surface area contributed by atoms with Crippen molar-refractivity contribution in [2.75, 3.05) is 26.3 Å². The third-order valence-electron chi connectivity index (χ3n) is 7.81. The molecule has 2 saturated heterocycles. The summed E-state index contributed by atoms with van der Waals surface area (Å²) < 4.78 is 80.6. The Morgan fingerprint density at radius 3 is 2.12 bits per heavy atom. The first-order valence-electron chi connectivity index (χ1n) is 12.0. The van der Waals surface area contributed by atoms with Crippen molar-refractivity contribution in [3.63, 3.8) is 0 Å². The SMILES string of the molecule is CCCN1CNC(=O)C12CCN(C1CCCCC1c1cc(C(F)(F)F)cc(C(F)(F)F)c1)CC2. The average molecular weight is 492 g/mol. The molecule has 1 aromatic carbocycles. The van der Waals surface area contributed by atoms with Crippen molar-refractivity contribution in [1.82, 2.24) is 15.1 Å². The zero-order valence-corrected chi connectivity index (χ0v) is 19.2. The minimum absolute atomic E-state index is 0.0218. The molecule has 2 aliphatic heterocycles. The summed E-state index contributed by atoms with van der Waals surface area (Å²) in [5.41, 5.74) is -2.96. The molecular formula is C24H31F6N3O. The fourth-order valence-electron chi connectivity index (χ4n) is 6.09. The Kier molecular flexibility index (Phi) is 6.94. The van der Waals surface area contributed by atoms with Gasteiger partial charge in [0, 0.05) is 25.7 Å². The minimum atomic E-state index is -4.85. The van der Waals surface area contributed by atoms with Gasteiger partial charge in [-0.05, 0) is 61.8 Å². The molecule has 1 spiro atoms. The number of piperidine rings is 1. The third kappa shape index (κ3) is 4.80. The molecule has 2 unspecified atom stereocenters. The Balaban J connectivity index is 1.59. The lowest BCUT2D eigenvalue weighted by molar-refractivity contribution is -0.143. The van der Waals surface area contributed by atoms with E-state index in [-0.39, 0.29) is 23.6 Å². The maximum absolute atomic E-state index is 13.4. The van der Waals surface area contributed by atoms with Crippen molar-refractivity contribution in [2.45, 2.75) is 81.7 Å². The number of benzene rings is 1. The van der Waals surface area contributed by atoms with E-state index in [9.17, 15) is 31.1 Å². The zero-order valence-electron chi connectivity index (χ0n) is 19.2. The molecule has 2 atom stereocenters. The van der Waals surface area contributed by atoms with Crippen molar-refractivity contribution >= 4 is 5.91 Å². The van der Waals surface area contributed by atoms with Gasteiger partial charge in [-0.25, -0.2) is 0 Å². The fraction of sp³-hybridized carbons (Fsp3) is 0.708. The van der Waals surface area contributed by atoms with Crippen LogP contribution in [0, 0.1) is 0 Å². The largest absolute Gasteiger partial charge is 0.416 e. The summed E-state index contributed by atoms with van der Waals surface area (Å²) in [6.07, 6.45) is -4.64. The van der Waals surface area contributed by atoms with E-state index in [0.717, 1.165) is 44.4 Å². The number of likely N-dealkylation sites (tertiary alicyclic amines) is 1. The van der Waals surface area contributed by atoms with Crippen LogP contribution in [0.2, 0.25) is 0 Å². The second kappa shape index (κ2) is 9.33. The van der Waals surface area contributed by atoms with Gasteiger partial charge in [0.2, 0.25) is 5.91 Å². The molecule has 1 aromatic rings. The molecule has 0 radical (unpaired) electrons. The lowest BCUT2D eigenvalue weighted by atomic mass is 9.76. The van der Waals surface area contributed by atoms with Gasteiger partial charge < -0.3 is 5.32 Å². The molecule has 190 valence electrons. The molecule has 10 heteroatoms. The summed E-state index contributed by atoms with van der Waals surface area (Å²) in [6, 6.07) is 1.86. The van der Waals surface area contributed by atoms with Crippen LogP contribution in [0.3, 0.4) is 0 Å². The summed E-state index contributed by atoms with van der Waals surface area (Å²) in [7, 11) is 0. The molecule has 2 heterocycles. The summed E-state index contributed by atoms with van der Waals surface area (Å²) in [6.45, 7) is 4.57. The number of hydrogen-bond donors (Lipinski definition) is 1. The predicted molar refractivity (Wildman–Crippen MR) is 115 cm³/mol. The molecule has 3 aliphatic rings. The van der Waals surface area contributed by atoms with Crippen LogP contribution < -0.4 is 5.32 Å². The molecule has 4 rings (SSSR count). The maximum atomic E-state index is 13.4. The molecule has 1 aliphatic carbocycles. The van der Waals surface area contributed by atoms with Gasteiger partial charge in [0.25, 0.3) is 0 Å². The summed E-state index contributed by atoms with van der Waals surface area (Å²) in [4.78, 5) is 17.1. The number of amides is 1. The first-order valence-corrected chi connectivity index (χ1v) is 12.0. The van der Waals surface area contributed by atoms with Crippen molar-refractivity contribution in [3.05, 3.63) is 34.9 Å². The number of carbonyl (C=O) groups is 1. The quantitative estimate of drug-likeness (QED) is 0.575. The molecular weight excluding hydrogens is 460 g/mol. The number of nitrogens with zero attached hydrogens (tertiary/aromatic N) is 2. The van der Waals surface area contributed by atoms with Gasteiger partial charge in [-0.15, -0.1) is 0 Å². The van der Waals surface area contributed by atoms with E-state index >= 15 is 0 Å². The number of halogens is 6. The van der Waals surface area contributed by atoms with Gasteiger partial charge in [-0.2, -0.15) is 26.3 Å². The summed E-state index contributed by atoms with van der Waals surface area (Å²) in [5, 5.41) is 2.94. The third-order valence-corrected chi connectivity index (χ3v) is 7.81. The summed E-state index contributed by atoms with van der Waals surface area (Å²) >= 11 is 0. The van der Waals surface area contributed by atoms with Crippen molar-refractivity contribution in [1.29, 1.82) is 0 Å². The van der Waals surface area contributed by atoms with Gasteiger partial charge in [0.05, 0.1) is 17.8 Å². The lowest BCUT2D eigenvalue weighted by Gasteiger charge is -2.47. The van der Waals surface area contributed by atoms with Crippen molar-refractivity contribution in [2.24, 2.45) is 0 Å². The molecule has 0 bridgehead atoms.